The van der Waals surface area contributed by atoms with Crippen molar-refractivity contribution in [3.05, 3.63) is 11.1 Å². The van der Waals surface area contributed by atoms with Crippen LogP contribution in [0.3, 0.4) is 0 Å². The summed E-state index contributed by atoms with van der Waals surface area (Å²) in [5.74, 6) is 0.347. The summed E-state index contributed by atoms with van der Waals surface area (Å²) < 4.78 is 0.776. The lowest BCUT2D eigenvalue weighted by atomic mass is 9.83. The summed E-state index contributed by atoms with van der Waals surface area (Å²) in [7, 11) is 0. The lowest BCUT2D eigenvalue weighted by molar-refractivity contribution is -0.135. The smallest absolute Gasteiger partial charge is 0.245 e. The van der Waals surface area contributed by atoms with Crippen LogP contribution < -0.4 is 5.32 Å². The molecule has 1 unspecified atom stereocenters. The Labute approximate surface area is 122 Å². The Morgan fingerprint density at radius 3 is 2.63 bits per heavy atom. The highest BCUT2D eigenvalue weighted by Gasteiger charge is 2.35. The number of carbonyl (C=O) groups excluding carboxylic acids is 2. The van der Waals surface area contributed by atoms with Crippen LogP contribution in [0.2, 0.25) is 0 Å². The van der Waals surface area contributed by atoms with Crippen molar-refractivity contribution < 1.29 is 9.59 Å². The Bertz CT molecular complexity index is 378. The third-order valence-electron chi connectivity index (χ3n) is 3.99. The predicted octanol–water partition coefficient (Wildman–Crippen LogP) is 2.19. The topological polar surface area (TPSA) is 49.4 Å². The average molecular weight is 329 g/mol. The molecule has 0 radical (unpaired) electrons. The maximum Gasteiger partial charge on any atom is 0.245 e. The first kappa shape index (κ1) is 14.6. The van der Waals surface area contributed by atoms with Crippen LogP contribution in [0.25, 0.3) is 0 Å². The molecule has 19 heavy (non-hydrogen) atoms. The molecule has 0 aromatic heterocycles. The molecule has 1 aliphatic carbocycles. The summed E-state index contributed by atoms with van der Waals surface area (Å²) in [6.45, 7) is 4.76. The van der Waals surface area contributed by atoms with E-state index in [4.69, 9.17) is 0 Å². The number of amides is 2. The van der Waals surface area contributed by atoms with Crippen molar-refractivity contribution >= 4 is 27.7 Å². The minimum Gasteiger partial charge on any atom is -0.344 e. The summed E-state index contributed by atoms with van der Waals surface area (Å²) in [6.07, 6.45) is 6.03. The van der Waals surface area contributed by atoms with Crippen molar-refractivity contribution in [2.45, 2.75) is 44.6 Å². The largest absolute Gasteiger partial charge is 0.344 e. The number of nitrogens with zero attached hydrogens (tertiary/aromatic N) is 1. The molecule has 0 bridgehead atoms. The molecular weight excluding hydrogens is 308 g/mol. The highest BCUT2D eigenvalue weighted by molar-refractivity contribution is 9.11. The van der Waals surface area contributed by atoms with Gasteiger partial charge in [0.2, 0.25) is 11.8 Å². The molecule has 1 atom stereocenters. The molecule has 106 valence electrons. The van der Waals surface area contributed by atoms with Crippen molar-refractivity contribution in [2.24, 2.45) is 5.92 Å². The van der Waals surface area contributed by atoms with Gasteiger partial charge in [0.15, 0.2) is 0 Å². The third kappa shape index (κ3) is 3.81. The molecule has 0 aromatic rings. The molecule has 1 N–H and O–H groups in total. The van der Waals surface area contributed by atoms with E-state index in [1.54, 1.807) is 4.90 Å². The average Bonchev–Trinajstić information content (AvgIpc) is 2.52. The Morgan fingerprint density at radius 2 is 2.00 bits per heavy atom. The van der Waals surface area contributed by atoms with Crippen LogP contribution in [-0.2, 0) is 9.59 Å². The zero-order valence-corrected chi connectivity index (χ0v) is 12.7. The molecule has 1 aliphatic heterocycles. The van der Waals surface area contributed by atoms with Crippen LogP contribution in [0.4, 0.5) is 0 Å². The van der Waals surface area contributed by atoms with E-state index in [-0.39, 0.29) is 17.9 Å². The monoisotopic (exact) mass is 328 g/mol. The van der Waals surface area contributed by atoms with Crippen molar-refractivity contribution in [1.82, 2.24) is 10.2 Å². The first-order valence-electron chi connectivity index (χ1n) is 6.99. The molecular formula is C14H21BrN2O2. The molecule has 4 nitrogen and oxygen atoms in total. The van der Waals surface area contributed by atoms with Gasteiger partial charge in [-0.25, -0.2) is 0 Å². The second-order valence-corrected chi connectivity index (χ2v) is 6.59. The zero-order chi connectivity index (χ0) is 13.8. The molecule has 2 rings (SSSR count). The van der Waals surface area contributed by atoms with Crippen molar-refractivity contribution in [2.75, 3.05) is 13.1 Å². The summed E-state index contributed by atoms with van der Waals surface area (Å²) in [5.41, 5.74) is 0. The Morgan fingerprint density at radius 1 is 1.32 bits per heavy atom. The van der Waals surface area contributed by atoms with Crippen molar-refractivity contribution in [3.8, 4) is 0 Å². The number of hydrogen-bond donors (Lipinski definition) is 1. The molecule has 2 amide bonds. The first-order valence-corrected chi connectivity index (χ1v) is 7.78. The van der Waals surface area contributed by atoms with Crippen LogP contribution in [0.1, 0.15) is 38.5 Å². The van der Waals surface area contributed by atoms with Crippen LogP contribution in [0.15, 0.2) is 11.1 Å². The van der Waals surface area contributed by atoms with E-state index < -0.39 is 0 Å². The summed E-state index contributed by atoms with van der Waals surface area (Å²) in [5, 5.41) is 2.93. The van der Waals surface area contributed by atoms with Crippen LogP contribution >= 0.6 is 15.9 Å². The highest BCUT2D eigenvalue weighted by Crippen LogP contribution is 2.28. The van der Waals surface area contributed by atoms with E-state index in [0.29, 0.717) is 25.4 Å². The van der Waals surface area contributed by atoms with Gasteiger partial charge in [-0.2, -0.15) is 0 Å². The third-order valence-corrected chi connectivity index (χ3v) is 4.24. The number of halogens is 1. The van der Waals surface area contributed by atoms with E-state index >= 15 is 0 Å². The van der Waals surface area contributed by atoms with Crippen LogP contribution in [-0.4, -0.2) is 35.8 Å². The van der Waals surface area contributed by atoms with Gasteiger partial charge >= 0.3 is 0 Å². The maximum atomic E-state index is 12.6. The van der Waals surface area contributed by atoms with Crippen LogP contribution in [0.5, 0.6) is 0 Å². The fraction of sp³-hybridized carbons (Fsp3) is 0.714. The van der Waals surface area contributed by atoms with Crippen molar-refractivity contribution in [1.29, 1.82) is 0 Å². The van der Waals surface area contributed by atoms with Gasteiger partial charge in [-0.1, -0.05) is 41.8 Å². The molecule has 1 saturated carbocycles. The SMILES string of the molecule is C=C(Br)CN1CCC(=O)NC(C2CCCCC2)C1=O. The normalized spacial score (nSPS) is 25.9. The van der Waals surface area contributed by atoms with Crippen molar-refractivity contribution in [3.63, 3.8) is 0 Å². The van der Waals surface area contributed by atoms with Gasteiger partial charge in [0.25, 0.3) is 0 Å². The van der Waals surface area contributed by atoms with E-state index in [2.05, 4.69) is 27.8 Å². The van der Waals surface area contributed by atoms with Gasteiger partial charge in [0.05, 0.1) is 6.54 Å². The number of hydrogen-bond acceptors (Lipinski definition) is 2. The summed E-state index contributed by atoms with van der Waals surface area (Å²) in [6, 6.07) is -0.331. The van der Waals surface area contributed by atoms with Gasteiger partial charge in [-0.3, -0.25) is 9.59 Å². The van der Waals surface area contributed by atoms with E-state index in [1.807, 2.05) is 0 Å². The van der Waals surface area contributed by atoms with Crippen LogP contribution in [0, 0.1) is 5.92 Å². The summed E-state index contributed by atoms with van der Waals surface area (Å²) >= 11 is 3.30. The molecule has 5 heteroatoms. The van der Waals surface area contributed by atoms with E-state index in [1.165, 1.54) is 6.42 Å². The Hall–Kier alpha value is -0.840. The van der Waals surface area contributed by atoms with Gasteiger partial charge < -0.3 is 10.2 Å². The number of rotatable bonds is 3. The quantitative estimate of drug-likeness (QED) is 0.863. The van der Waals surface area contributed by atoms with Gasteiger partial charge in [-0.15, -0.1) is 0 Å². The fourth-order valence-electron chi connectivity index (χ4n) is 3.00. The molecule has 1 saturated heterocycles. The van der Waals surface area contributed by atoms with Gasteiger partial charge in [0.1, 0.15) is 6.04 Å². The molecule has 0 aromatic carbocycles. The molecule has 2 aliphatic rings. The molecule has 2 fully saturated rings. The fourth-order valence-corrected chi connectivity index (χ4v) is 3.30. The second kappa shape index (κ2) is 6.55. The lowest BCUT2D eigenvalue weighted by Crippen LogP contribution is -2.49. The predicted molar refractivity (Wildman–Crippen MR) is 77.8 cm³/mol. The first-order chi connectivity index (χ1) is 9.08. The molecule has 0 spiro atoms. The highest BCUT2D eigenvalue weighted by atomic mass is 79.9. The lowest BCUT2D eigenvalue weighted by Gasteiger charge is -2.31. The van der Waals surface area contributed by atoms with Gasteiger partial charge in [-0.05, 0) is 18.8 Å². The second-order valence-electron chi connectivity index (χ2n) is 5.47. The van der Waals surface area contributed by atoms with Gasteiger partial charge in [0, 0.05) is 17.4 Å². The minimum absolute atomic E-state index is 0.00777. The maximum absolute atomic E-state index is 12.6. The Balaban J connectivity index is 2.11. The number of carbonyl (C=O) groups is 2. The Kier molecular flexibility index (Phi) is 5.02. The van der Waals surface area contributed by atoms with E-state index in [0.717, 1.165) is 30.2 Å². The standard InChI is InChI=1S/C14H21BrN2O2/c1-10(15)9-17-8-7-12(18)16-13(14(17)19)11-5-3-2-4-6-11/h11,13H,1-9H2,(H,16,18). The minimum atomic E-state index is -0.331. The summed E-state index contributed by atoms with van der Waals surface area (Å²) in [4.78, 5) is 26.1. The van der Waals surface area contributed by atoms with E-state index in [9.17, 15) is 9.59 Å². The molecule has 1 heterocycles. The zero-order valence-electron chi connectivity index (χ0n) is 11.2. The number of nitrogens with one attached hydrogen (secondary N) is 1.